The van der Waals surface area contributed by atoms with E-state index >= 15 is 0 Å². The molecule has 0 fully saturated rings. The second-order valence-electron chi connectivity index (χ2n) is 4.85. The van der Waals surface area contributed by atoms with Crippen molar-refractivity contribution in [3.05, 3.63) is 45.5 Å². The van der Waals surface area contributed by atoms with Crippen LogP contribution in [0.3, 0.4) is 0 Å². The summed E-state index contributed by atoms with van der Waals surface area (Å²) in [7, 11) is 0. The van der Waals surface area contributed by atoms with Crippen LogP contribution in [0.1, 0.15) is 51.8 Å². The second-order valence-corrected chi connectivity index (χ2v) is 5.60. The lowest BCUT2D eigenvalue weighted by atomic mass is 10.0. The number of rotatable bonds is 3. The van der Waals surface area contributed by atoms with E-state index in [0.717, 1.165) is 22.4 Å². The molecule has 0 bridgehead atoms. The van der Waals surface area contributed by atoms with Gasteiger partial charge in [0.1, 0.15) is 4.88 Å². The van der Waals surface area contributed by atoms with Crippen LogP contribution in [0.15, 0.2) is 18.2 Å². The van der Waals surface area contributed by atoms with E-state index in [1.807, 2.05) is 39.8 Å². The maximum Gasteiger partial charge on any atom is 0.206 e. The zero-order valence-corrected chi connectivity index (χ0v) is 11.8. The van der Waals surface area contributed by atoms with Crippen LogP contribution in [0.4, 0.5) is 0 Å². The third-order valence-corrected chi connectivity index (χ3v) is 3.49. The Morgan fingerprint density at radius 2 is 1.78 bits per heavy atom. The highest BCUT2D eigenvalue weighted by Gasteiger charge is 2.20. The fourth-order valence-electron chi connectivity index (χ4n) is 1.97. The molecule has 18 heavy (non-hydrogen) atoms. The SMILES string of the molecule is Cc1cc(C)cc(C(=O)c2snnc2C(C)C)c1. The van der Waals surface area contributed by atoms with Gasteiger partial charge in [-0.15, -0.1) is 5.10 Å². The summed E-state index contributed by atoms with van der Waals surface area (Å²) in [5.74, 6) is 0.245. The lowest BCUT2D eigenvalue weighted by Gasteiger charge is -2.05. The molecule has 0 N–H and O–H groups in total. The van der Waals surface area contributed by atoms with Gasteiger partial charge in [0.05, 0.1) is 5.69 Å². The molecule has 0 radical (unpaired) electrons. The van der Waals surface area contributed by atoms with Gasteiger partial charge in [-0.3, -0.25) is 4.79 Å². The summed E-state index contributed by atoms with van der Waals surface area (Å²) in [6, 6.07) is 5.89. The molecule has 0 spiro atoms. The van der Waals surface area contributed by atoms with E-state index in [-0.39, 0.29) is 11.7 Å². The van der Waals surface area contributed by atoms with Gasteiger partial charge >= 0.3 is 0 Å². The van der Waals surface area contributed by atoms with E-state index in [1.165, 1.54) is 11.5 Å². The van der Waals surface area contributed by atoms with E-state index in [2.05, 4.69) is 15.7 Å². The van der Waals surface area contributed by atoms with E-state index < -0.39 is 0 Å². The molecular formula is C14H16N2OS. The molecular weight excluding hydrogens is 244 g/mol. The first-order chi connectivity index (χ1) is 8.49. The first-order valence-electron chi connectivity index (χ1n) is 5.94. The fourth-order valence-corrected chi connectivity index (χ4v) is 2.75. The highest BCUT2D eigenvalue weighted by molar-refractivity contribution is 7.08. The molecule has 1 aromatic heterocycles. The van der Waals surface area contributed by atoms with Crippen LogP contribution >= 0.6 is 11.5 Å². The molecule has 0 saturated carbocycles. The van der Waals surface area contributed by atoms with E-state index in [4.69, 9.17) is 0 Å². The van der Waals surface area contributed by atoms with Crippen LogP contribution in [0, 0.1) is 13.8 Å². The van der Waals surface area contributed by atoms with Crippen molar-refractivity contribution in [3.8, 4) is 0 Å². The number of nitrogens with zero attached hydrogens (tertiary/aromatic N) is 2. The minimum Gasteiger partial charge on any atom is -0.288 e. The van der Waals surface area contributed by atoms with Crippen molar-refractivity contribution in [1.29, 1.82) is 0 Å². The van der Waals surface area contributed by atoms with Crippen molar-refractivity contribution in [3.63, 3.8) is 0 Å². The van der Waals surface area contributed by atoms with Gasteiger partial charge in [-0.2, -0.15) is 0 Å². The Bertz CT molecular complexity index is 567. The van der Waals surface area contributed by atoms with Crippen LogP contribution in [0.25, 0.3) is 0 Å². The zero-order valence-electron chi connectivity index (χ0n) is 11.0. The smallest absolute Gasteiger partial charge is 0.206 e. The van der Waals surface area contributed by atoms with Crippen LogP contribution in [0.2, 0.25) is 0 Å². The first kappa shape index (κ1) is 12.9. The number of hydrogen-bond donors (Lipinski definition) is 0. The average Bonchev–Trinajstić information content (AvgIpc) is 2.75. The van der Waals surface area contributed by atoms with Crippen LogP contribution in [-0.4, -0.2) is 15.4 Å². The van der Waals surface area contributed by atoms with Crippen LogP contribution in [0.5, 0.6) is 0 Å². The maximum absolute atomic E-state index is 12.5. The zero-order chi connectivity index (χ0) is 13.3. The quantitative estimate of drug-likeness (QED) is 0.793. The van der Waals surface area contributed by atoms with Crippen molar-refractivity contribution in [1.82, 2.24) is 9.59 Å². The van der Waals surface area contributed by atoms with Gasteiger partial charge in [0.15, 0.2) is 0 Å². The molecule has 94 valence electrons. The molecule has 2 rings (SSSR count). The normalized spacial score (nSPS) is 10.9. The highest BCUT2D eigenvalue weighted by atomic mass is 32.1. The fraction of sp³-hybridized carbons (Fsp3) is 0.357. The number of benzene rings is 1. The molecule has 0 unspecified atom stereocenters. The Kier molecular flexibility index (Phi) is 3.57. The summed E-state index contributed by atoms with van der Waals surface area (Å²) in [6.07, 6.45) is 0. The lowest BCUT2D eigenvalue weighted by molar-refractivity contribution is 0.104. The molecule has 2 aromatic rings. The van der Waals surface area contributed by atoms with Gasteiger partial charge in [-0.05, 0) is 43.4 Å². The summed E-state index contributed by atoms with van der Waals surface area (Å²) in [6.45, 7) is 8.04. The maximum atomic E-state index is 12.5. The summed E-state index contributed by atoms with van der Waals surface area (Å²) >= 11 is 1.18. The molecule has 0 aliphatic heterocycles. The standard InChI is InChI=1S/C14H16N2OS/c1-8(2)12-14(18-16-15-12)13(17)11-6-9(3)5-10(4)7-11/h5-8H,1-4H3. The molecule has 4 heteroatoms. The third-order valence-electron chi connectivity index (χ3n) is 2.75. The molecule has 0 amide bonds. The Morgan fingerprint density at radius 1 is 1.17 bits per heavy atom. The van der Waals surface area contributed by atoms with Crippen LogP contribution in [-0.2, 0) is 0 Å². The minimum atomic E-state index is 0.0282. The average molecular weight is 260 g/mol. The molecule has 0 saturated heterocycles. The number of aryl methyl sites for hydroxylation is 2. The van der Waals surface area contributed by atoms with Gasteiger partial charge in [-0.25, -0.2) is 0 Å². The highest BCUT2D eigenvalue weighted by Crippen LogP contribution is 2.23. The first-order valence-corrected chi connectivity index (χ1v) is 6.71. The number of aromatic nitrogens is 2. The topological polar surface area (TPSA) is 42.9 Å². The van der Waals surface area contributed by atoms with Crippen molar-refractivity contribution >= 4 is 17.3 Å². The molecule has 0 atom stereocenters. The minimum absolute atomic E-state index is 0.0282. The van der Waals surface area contributed by atoms with Crippen molar-refractivity contribution in [2.24, 2.45) is 0 Å². The number of carbonyl (C=O) groups excluding carboxylic acids is 1. The van der Waals surface area contributed by atoms with Crippen molar-refractivity contribution < 1.29 is 4.79 Å². The van der Waals surface area contributed by atoms with E-state index in [1.54, 1.807) is 0 Å². The third kappa shape index (κ3) is 2.48. The van der Waals surface area contributed by atoms with Gasteiger partial charge < -0.3 is 0 Å². The largest absolute Gasteiger partial charge is 0.288 e. The molecule has 0 aliphatic carbocycles. The summed E-state index contributed by atoms with van der Waals surface area (Å²) in [5, 5.41) is 4.05. The predicted octanol–water partition coefficient (Wildman–Crippen LogP) is 3.51. The Labute approximate surface area is 111 Å². The Morgan fingerprint density at radius 3 is 2.33 bits per heavy atom. The van der Waals surface area contributed by atoms with Crippen molar-refractivity contribution in [2.45, 2.75) is 33.6 Å². The molecule has 1 aromatic carbocycles. The van der Waals surface area contributed by atoms with E-state index in [9.17, 15) is 4.79 Å². The molecule has 0 aliphatic rings. The second kappa shape index (κ2) is 4.98. The molecule has 1 heterocycles. The predicted molar refractivity (Wildman–Crippen MR) is 73.3 cm³/mol. The van der Waals surface area contributed by atoms with E-state index in [0.29, 0.717) is 4.88 Å². The van der Waals surface area contributed by atoms with Gasteiger partial charge in [0.2, 0.25) is 5.78 Å². The lowest BCUT2D eigenvalue weighted by Crippen LogP contribution is -2.04. The number of carbonyl (C=O) groups is 1. The Hall–Kier alpha value is -1.55. The van der Waals surface area contributed by atoms with Gasteiger partial charge in [-0.1, -0.05) is 35.5 Å². The Balaban J connectivity index is 2.45. The summed E-state index contributed by atoms with van der Waals surface area (Å²) in [4.78, 5) is 13.1. The monoisotopic (exact) mass is 260 g/mol. The van der Waals surface area contributed by atoms with Gasteiger partial charge in [0, 0.05) is 5.56 Å². The summed E-state index contributed by atoms with van der Waals surface area (Å²) in [5.41, 5.74) is 3.72. The van der Waals surface area contributed by atoms with Gasteiger partial charge in [0.25, 0.3) is 0 Å². The summed E-state index contributed by atoms with van der Waals surface area (Å²) < 4.78 is 3.91. The van der Waals surface area contributed by atoms with Crippen LogP contribution < -0.4 is 0 Å². The number of ketones is 1. The van der Waals surface area contributed by atoms with Crippen molar-refractivity contribution in [2.75, 3.05) is 0 Å². The molecule has 3 nitrogen and oxygen atoms in total. The number of hydrogen-bond acceptors (Lipinski definition) is 4.